The summed E-state index contributed by atoms with van der Waals surface area (Å²) in [5.74, 6) is 0.700. The Morgan fingerprint density at radius 1 is 0.952 bits per heavy atom. The van der Waals surface area contributed by atoms with Gasteiger partial charge in [0.1, 0.15) is 0 Å². The summed E-state index contributed by atoms with van der Waals surface area (Å²) in [6, 6.07) is 22.5. The van der Waals surface area contributed by atoms with Gasteiger partial charge in [-0.25, -0.2) is 0 Å². The summed E-state index contributed by atoms with van der Waals surface area (Å²) in [6.07, 6.45) is 0. The fraction of sp³-hybridized carbons (Fsp3) is 0.111. The molecule has 0 saturated heterocycles. The van der Waals surface area contributed by atoms with E-state index in [0.717, 1.165) is 11.3 Å². The third-order valence-electron chi connectivity index (χ3n) is 3.47. The zero-order valence-corrected chi connectivity index (χ0v) is 12.5. The van der Waals surface area contributed by atoms with E-state index >= 15 is 0 Å². The van der Waals surface area contributed by atoms with Crippen molar-refractivity contribution in [2.24, 2.45) is 0 Å². The fourth-order valence-corrected chi connectivity index (χ4v) is 2.69. The van der Waals surface area contributed by atoms with Crippen LogP contribution < -0.4 is 4.74 Å². The fourth-order valence-electron chi connectivity index (χ4n) is 2.41. The second kappa shape index (κ2) is 6.06. The highest BCUT2D eigenvalue weighted by molar-refractivity contribution is 6.31. The zero-order valence-electron chi connectivity index (χ0n) is 11.8. The largest absolute Gasteiger partial charge is 0.494 e. The summed E-state index contributed by atoms with van der Waals surface area (Å²) in [4.78, 5) is 0. The van der Waals surface area contributed by atoms with Gasteiger partial charge >= 0.3 is 0 Å². The Labute approximate surface area is 129 Å². The van der Waals surface area contributed by atoms with Crippen LogP contribution in [0.25, 0.3) is 11.3 Å². The standard InChI is InChI=1S/C18H16ClNO/c1-21-17-12-16(15-10-6-3-7-11-15)20(18(17)19)13-14-8-4-2-5-9-14/h2-12H,13H2,1H3. The second-order valence-electron chi connectivity index (χ2n) is 4.83. The third-order valence-corrected chi connectivity index (χ3v) is 3.86. The Morgan fingerprint density at radius 2 is 1.57 bits per heavy atom. The first kappa shape index (κ1) is 13.8. The monoisotopic (exact) mass is 297 g/mol. The molecule has 0 amide bonds. The Morgan fingerprint density at radius 3 is 2.19 bits per heavy atom. The predicted octanol–water partition coefficient (Wildman–Crippen LogP) is 4.87. The molecular weight excluding hydrogens is 282 g/mol. The summed E-state index contributed by atoms with van der Waals surface area (Å²) in [5, 5.41) is 0.625. The van der Waals surface area contributed by atoms with Crippen LogP contribution in [0.1, 0.15) is 5.56 Å². The number of ether oxygens (including phenoxy) is 1. The SMILES string of the molecule is COc1cc(-c2ccccc2)n(Cc2ccccc2)c1Cl. The van der Waals surface area contributed by atoms with Crippen LogP contribution in [0.2, 0.25) is 5.15 Å². The van der Waals surface area contributed by atoms with Gasteiger partial charge in [0.05, 0.1) is 12.8 Å². The van der Waals surface area contributed by atoms with Gasteiger partial charge in [0.25, 0.3) is 0 Å². The Kier molecular flexibility index (Phi) is 3.98. The van der Waals surface area contributed by atoms with Gasteiger partial charge in [0.15, 0.2) is 10.9 Å². The average molecular weight is 298 g/mol. The average Bonchev–Trinajstić information content (AvgIpc) is 2.86. The van der Waals surface area contributed by atoms with Gasteiger partial charge in [0, 0.05) is 12.6 Å². The van der Waals surface area contributed by atoms with E-state index in [0.29, 0.717) is 17.4 Å². The minimum absolute atomic E-state index is 0.625. The van der Waals surface area contributed by atoms with Gasteiger partial charge in [-0.3, -0.25) is 0 Å². The summed E-state index contributed by atoms with van der Waals surface area (Å²) < 4.78 is 7.45. The number of halogens is 1. The lowest BCUT2D eigenvalue weighted by atomic mass is 10.1. The molecule has 1 heterocycles. The van der Waals surface area contributed by atoms with Crippen LogP contribution in [0.3, 0.4) is 0 Å². The zero-order chi connectivity index (χ0) is 14.7. The molecule has 0 radical (unpaired) electrons. The quantitative estimate of drug-likeness (QED) is 0.670. The van der Waals surface area contributed by atoms with E-state index in [-0.39, 0.29) is 0 Å². The number of hydrogen-bond acceptors (Lipinski definition) is 1. The van der Waals surface area contributed by atoms with Crippen molar-refractivity contribution >= 4 is 11.6 Å². The molecule has 0 spiro atoms. The highest BCUT2D eigenvalue weighted by atomic mass is 35.5. The number of benzene rings is 2. The molecule has 0 saturated carbocycles. The molecule has 21 heavy (non-hydrogen) atoms. The van der Waals surface area contributed by atoms with Gasteiger partial charge in [-0.05, 0) is 11.1 Å². The van der Waals surface area contributed by atoms with Crippen molar-refractivity contribution in [3.63, 3.8) is 0 Å². The van der Waals surface area contributed by atoms with E-state index in [4.69, 9.17) is 16.3 Å². The van der Waals surface area contributed by atoms with E-state index in [2.05, 4.69) is 28.8 Å². The summed E-state index contributed by atoms with van der Waals surface area (Å²) >= 11 is 6.47. The molecule has 3 aromatic rings. The van der Waals surface area contributed by atoms with Gasteiger partial charge in [-0.1, -0.05) is 72.3 Å². The number of hydrogen-bond donors (Lipinski definition) is 0. The number of aromatic nitrogens is 1. The van der Waals surface area contributed by atoms with Gasteiger partial charge in [-0.15, -0.1) is 0 Å². The van der Waals surface area contributed by atoms with Crippen molar-refractivity contribution in [1.29, 1.82) is 0 Å². The van der Waals surface area contributed by atoms with Crippen LogP contribution in [-0.2, 0) is 6.54 Å². The highest BCUT2D eigenvalue weighted by Crippen LogP contribution is 2.35. The summed E-state index contributed by atoms with van der Waals surface area (Å²) in [6.45, 7) is 0.716. The molecule has 0 fully saturated rings. The Hall–Kier alpha value is -2.19. The van der Waals surface area contributed by atoms with Crippen LogP contribution in [0.5, 0.6) is 5.75 Å². The predicted molar refractivity (Wildman–Crippen MR) is 87.0 cm³/mol. The molecule has 1 aromatic heterocycles. The van der Waals surface area contributed by atoms with Crippen LogP contribution >= 0.6 is 11.6 Å². The Bertz CT molecular complexity index is 720. The van der Waals surface area contributed by atoms with E-state index < -0.39 is 0 Å². The maximum Gasteiger partial charge on any atom is 0.156 e. The minimum Gasteiger partial charge on any atom is -0.494 e. The van der Waals surface area contributed by atoms with E-state index in [1.807, 2.05) is 42.5 Å². The molecule has 3 rings (SSSR count). The van der Waals surface area contributed by atoms with Crippen molar-refractivity contribution in [2.45, 2.75) is 6.54 Å². The number of methoxy groups -OCH3 is 1. The lowest BCUT2D eigenvalue weighted by Crippen LogP contribution is -2.01. The first-order valence-electron chi connectivity index (χ1n) is 6.82. The molecule has 0 bridgehead atoms. The molecule has 0 aliphatic carbocycles. The van der Waals surface area contributed by atoms with Crippen LogP contribution in [-0.4, -0.2) is 11.7 Å². The number of rotatable bonds is 4. The van der Waals surface area contributed by atoms with Crippen molar-refractivity contribution in [3.05, 3.63) is 77.4 Å². The smallest absolute Gasteiger partial charge is 0.156 e. The molecule has 0 N–H and O–H groups in total. The topological polar surface area (TPSA) is 14.2 Å². The van der Waals surface area contributed by atoms with E-state index in [1.54, 1.807) is 7.11 Å². The molecule has 106 valence electrons. The molecule has 0 unspecified atom stereocenters. The summed E-state index contributed by atoms with van der Waals surface area (Å²) in [5.41, 5.74) is 3.38. The maximum atomic E-state index is 6.47. The molecule has 2 nitrogen and oxygen atoms in total. The lowest BCUT2D eigenvalue weighted by molar-refractivity contribution is 0.414. The highest BCUT2D eigenvalue weighted by Gasteiger charge is 2.15. The first-order chi connectivity index (χ1) is 10.3. The Balaban J connectivity index is 2.08. The molecule has 0 aliphatic rings. The molecule has 3 heteroatoms. The molecule has 2 aromatic carbocycles. The van der Waals surface area contributed by atoms with Gasteiger partial charge in [0.2, 0.25) is 0 Å². The van der Waals surface area contributed by atoms with Crippen LogP contribution in [0, 0.1) is 0 Å². The third kappa shape index (κ3) is 2.81. The molecular formula is C18H16ClNO. The van der Waals surface area contributed by atoms with Crippen LogP contribution in [0.15, 0.2) is 66.7 Å². The van der Waals surface area contributed by atoms with Crippen molar-refractivity contribution in [3.8, 4) is 17.0 Å². The second-order valence-corrected chi connectivity index (χ2v) is 5.18. The van der Waals surface area contributed by atoms with E-state index in [9.17, 15) is 0 Å². The van der Waals surface area contributed by atoms with Crippen molar-refractivity contribution < 1.29 is 4.74 Å². The van der Waals surface area contributed by atoms with Crippen molar-refractivity contribution in [2.75, 3.05) is 7.11 Å². The first-order valence-corrected chi connectivity index (χ1v) is 7.20. The van der Waals surface area contributed by atoms with E-state index in [1.165, 1.54) is 5.56 Å². The summed E-state index contributed by atoms with van der Waals surface area (Å²) in [7, 11) is 1.64. The van der Waals surface area contributed by atoms with Crippen molar-refractivity contribution in [1.82, 2.24) is 4.57 Å². The number of nitrogens with zero attached hydrogens (tertiary/aromatic N) is 1. The molecule has 0 atom stereocenters. The maximum absolute atomic E-state index is 6.47. The van der Waals surface area contributed by atoms with Gasteiger partial charge in [-0.2, -0.15) is 0 Å². The normalized spacial score (nSPS) is 10.6. The minimum atomic E-state index is 0.625. The lowest BCUT2D eigenvalue weighted by Gasteiger charge is -2.11. The van der Waals surface area contributed by atoms with Crippen LogP contribution in [0.4, 0.5) is 0 Å². The van der Waals surface area contributed by atoms with Gasteiger partial charge < -0.3 is 9.30 Å². The molecule has 0 aliphatic heterocycles.